The molecule has 0 aromatic heterocycles. The Hall–Kier alpha value is -0.120. The molecule has 0 unspecified atom stereocenters. The average Bonchev–Trinajstić information content (AvgIpc) is 2.33. The Kier molecular flexibility index (Phi) is 7.20. The molecule has 1 saturated heterocycles. The van der Waals surface area contributed by atoms with Crippen molar-refractivity contribution in [3.8, 4) is 0 Å². The van der Waals surface area contributed by atoms with E-state index < -0.39 is 0 Å². The van der Waals surface area contributed by atoms with Crippen LogP contribution in [0, 0.1) is 0 Å². The number of hydrogen-bond donors (Lipinski definition) is 0. The maximum Gasteiger partial charge on any atom is 0.0593 e. The summed E-state index contributed by atoms with van der Waals surface area (Å²) < 4.78 is 5.68. The minimum absolute atomic E-state index is 0.322. The van der Waals surface area contributed by atoms with Gasteiger partial charge in [-0.15, -0.1) is 0 Å². The van der Waals surface area contributed by atoms with Gasteiger partial charge in [0.1, 0.15) is 0 Å². The molecule has 1 heterocycles. The minimum Gasteiger partial charge on any atom is -0.380 e. The van der Waals surface area contributed by atoms with E-state index in [9.17, 15) is 0 Å². The quantitative estimate of drug-likeness (QED) is 0.651. The van der Waals surface area contributed by atoms with Crippen LogP contribution in [-0.4, -0.2) is 61.3 Å². The lowest BCUT2D eigenvalue weighted by molar-refractivity contribution is 0.0411. The van der Waals surface area contributed by atoms with E-state index in [1.54, 1.807) is 0 Å². The van der Waals surface area contributed by atoms with Gasteiger partial charge in [0.25, 0.3) is 0 Å². The molecule has 0 saturated carbocycles. The van der Waals surface area contributed by atoms with Crippen molar-refractivity contribution in [2.24, 2.45) is 0 Å². The molecule has 0 amide bonds. The molecule has 18 heavy (non-hydrogen) atoms. The van der Waals surface area contributed by atoms with Crippen LogP contribution in [0.5, 0.6) is 0 Å². The summed E-state index contributed by atoms with van der Waals surface area (Å²) in [4.78, 5) is 5.10. The van der Waals surface area contributed by atoms with Crippen LogP contribution in [0.2, 0.25) is 0 Å². The van der Waals surface area contributed by atoms with Crippen molar-refractivity contribution in [3.05, 3.63) is 0 Å². The molecule has 0 aromatic rings. The summed E-state index contributed by atoms with van der Waals surface area (Å²) in [5.74, 6) is 0. The first-order valence-corrected chi connectivity index (χ1v) is 7.59. The van der Waals surface area contributed by atoms with E-state index in [2.05, 4.69) is 37.5 Å². The van der Waals surface area contributed by atoms with E-state index in [0.717, 1.165) is 19.8 Å². The van der Waals surface area contributed by atoms with Crippen LogP contribution in [0.1, 0.15) is 47.0 Å². The topological polar surface area (TPSA) is 15.7 Å². The van der Waals surface area contributed by atoms with Crippen molar-refractivity contribution >= 4 is 0 Å². The monoisotopic (exact) mass is 256 g/mol. The second kappa shape index (κ2) is 8.13. The van der Waals surface area contributed by atoms with Crippen LogP contribution < -0.4 is 0 Å². The van der Waals surface area contributed by atoms with E-state index in [4.69, 9.17) is 4.74 Å². The Morgan fingerprint density at radius 3 is 2.17 bits per heavy atom. The fourth-order valence-corrected chi connectivity index (χ4v) is 2.39. The van der Waals surface area contributed by atoms with Crippen molar-refractivity contribution in [2.75, 3.05) is 45.9 Å². The standard InChI is InChI=1S/C15H32N2O/c1-5-6-7-13-18-14-12-16-8-10-17(11-9-16)15(2,3)4/h5-14H2,1-4H3. The molecular formula is C15H32N2O. The number of nitrogens with zero attached hydrogens (tertiary/aromatic N) is 2. The first-order chi connectivity index (χ1) is 8.54. The molecule has 0 atom stereocenters. The molecule has 0 radical (unpaired) electrons. The highest BCUT2D eigenvalue weighted by Crippen LogP contribution is 2.15. The third-order valence-corrected chi connectivity index (χ3v) is 3.77. The molecule has 1 rings (SSSR count). The third kappa shape index (κ3) is 6.17. The van der Waals surface area contributed by atoms with Crippen LogP contribution in [0.15, 0.2) is 0 Å². The van der Waals surface area contributed by atoms with Gasteiger partial charge >= 0.3 is 0 Å². The van der Waals surface area contributed by atoms with E-state index >= 15 is 0 Å². The summed E-state index contributed by atoms with van der Waals surface area (Å²) in [6.45, 7) is 16.9. The van der Waals surface area contributed by atoms with Crippen molar-refractivity contribution < 1.29 is 4.74 Å². The fourth-order valence-electron chi connectivity index (χ4n) is 2.39. The number of unbranched alkanes of at least 4 members (excludes halogenated alkanes) is 2. The van der Waals surface area contributed by atoms with E-state index in [0.29, 0.717) is 5.54 Å². The molecule has 108 valence electrons. The molecule has 3 nitrogen and oxygen atoms in total. The summed E-state index contributed by atoms with van der Waals surface area (Å²) in [7, 11) is 0. The summed E-state index contributed by atoms with van der Waals surface area (Å²) in [6.07, 6.45) is 3.79. The molecule has 3 heteroatoms. The Labute approximate surface area is 113 Å². The summed E-state index contributed by atoms with van der Waals surface area (Å²) in [5, 5.41) is 0. The smallest absolute Gasteiger partial charge is 0.0593 e. The Bertz CT molecular complexity index is 205. The number of rotatable bonds is 7. The van der Waals surface area contributed by atoms with Gasteiger partial charge in [0, 0.05) is 44.9 Å². The highest BCUT2D eigenvalue weighted by atomic mass is 16.5. The van der Waals surface area contributed by atoms with E-state index in [-0.39, 0.29) is 0 Å². The molecule has 0 aliphatic carbocycles. The van der Waals surface area contributed by atoms with Gasteiger partial charge in [0.15, 0.2) is 0 Å². The Morgan fingerprint density at radius 1 is 0.944 bits per heavy atom. The van der Waals surface area contributed by atoms with Crippen LogP contribution in [0.4, 0.5) is 0 Å². The van der Waals surface area contributed by atoms with Gasteiger partial charge in [0.2, 0.25) is 0 Å². The zero-order valence-electron chi connectivity index (χ0n) is 12.9. The first-order valence-electron chi connectivity index (χ1n) is 7.59. The van der Waals surface area contributed by atoms with Crippen LogP contribution in [0.3, 0.4) is 0 Å². The van der Waals surface area contributed by atoms with Gasteiger partial charge in [-0.1, -0.05) is 19.8 Å². The highest BCUT2D eigenvalue weighted by molar-refractivity contribution is 4.81. The predicted molar refractivity (Wildman–Crippen MR) is 78.1 cm³/mol. The van der Waals surface area contributed by atoms with E-state index in [1.165, 1.54) is 45.4 Å². The first kappa shape index (κ1) is 15.9. The molecule has 1 fully saturated rings. The number of hydrogen-bond acceptors (Lipinski definition) is 3. The molecule has 1 aliphatic rings. The van der Waals surface area contributed by atoms with Crippen LogP contribution >= 0.6 is 0 Å². The predicted octanol–water partition coefficient (Wildman–Crippen LogP) is 2.61. The van der Waals surface area contributed by atoms with Crippen LogP contribution in [0.25, 0.3) is 0 Å². The lowest BCUT2D eigenvalue weighted by Crippen LogP contribution is -2.53. The highest BCUT2D eigenvalue weighted by Gasteiger charge is 2.25. The number of ether oxygens (including phenoxy) is 1. The van der Waals surface area contributed by atoms with Gasteiger partial charge in [-0.25, -0.2) is 0 Å². The van der Waals surface area contributed by atoms with Gasteiger partial charge in [-0.3, -0.25) is 9.80 Å². The lowest BCUT2D eigenvalue weighted by atomic mass is 10.1. The molecule has 0 spiro atoms. The van der Waals surface area contributed by atoms with Gasteiger partial charge in [0.05, 0.1) is 6.61 Å². The zero-order chi connectivity index (χ0) is 13.4. The number of piperazine rings is 1. The lowest BCUT2D eigenvalue weighted by Gasteiger charge is -2.42. The average molecular weight is 256 g/mol. The summed E-state index contributed by atoms with van der Waals surface area (Å²) in [5.41, 5.74) is 0.322. The third-order valence-electron chi connectivity index (χ3n) is 3.77. The largest absolute Gasteiger partial charge is 0.380 e. The molecular weight excluding hydrogens is 224 g/mol. The Balaban J connectivity index is 2.02. The zero-order valence-corrected chi connectivity index (χ0v) is 12.9. The minimum atomic E-state index is 0.322. The Morgan fingerprint density at radius 2 is 1.61 bits per heavy atom. The van der Waals surface area contributed by atoms with Gasteiger partial charge < -0.3 is 4.74 Å². The second-order valence-corrected chi connectivity index (χ2v) is 6.32. The summed E-state index contributed by atoms with van der Waals surface area (Å²) in [6, 6.07) is 0. The summed E-state index contributed by atoms with van der Waals surface area (Å²) >= 11 is 0. The van der Waals surface area contributed by atoms with Gasteiger partial charge in [-0.05, 0) is 27.2 Å². The molecule has 0 aromatic carbocycles. The normalized spacial score (nSPS) is 19.3. The second-order valence-electron chi connectivity index (χ2n) is 6.32. The van der Waals surface area contributed by atoms with Crippen molar-refractivity contribution in [1.82, 2.24) is 9.80 Å². The van der Waals surface area contributed by atoms with E-state index in [1.807, 2.05) is 0 Å². The maximum atomic E-state index is 5.68. The maximum absolute atomic E-state index is 5.68. The molecule has 0 bridgehead atoms. The fraction of sp³-hybridized carbons (Fsp3) is 1.00. The SMILES string of the molecule is CCCCCOCCN1CCN(C(C)(C)C)CC1. The van der Waals surface area contributed by atoms with Gasteiger partial charge in [-0.2, -0.15) is 0 Å². The van der Waals surface area contributed by atoms with Crippen molar-refractivity contribution in [1.29, 1.82) is 0 Å². The molecule has 1 aliphatic heterocycles. The van der Waals surface area contributed by atoms with Crippen molar-refractivity contribution in [3.63, 3.8) is 0 Å². The molecule has 0 N–H and O–H groups in total. The van der Waals surface area contributed by atoms with Crippen molar-refractivity contribution in [2.45, 2.75) is 52.5 Å². The van der Waals surface area contributed by atoms with Crippen LogP contribution in [-0.2, 0) is 4.74 Å².